The molecule has 3 heteroatoms. The number of rotatable bonds is 19. The fourth-order valence-corrected chi connectivity index (χ4v) is 4.02. The van der Waals surface area contributed by atoms with Crippen molar-refractivity contribution in [2.45, 2.75) is 123 Å². The number of hydrogen-bond donors (Lipinski definition) is 1. The molecule has 166 valence electrons. The Balaban J connectivity index is 0. The Hall–Kier alpha value is 0.210. The summed E-state index contributed by atoms with van der Waals surface area (Å²) in [7, 11) is 4.59. The van der Waals surface area contributed by atoms with Gasteiger partial charge in [0.15, 0.2) is 0 Å². The SMILES string of the molecule is CCCCCCCCCCCCCCCC[N+](C)(C)[C@H](CO)CC(C)C.[Cl-]. The maximum atomic E-state index is 9.71. The fourth-order valence-electron chi connectivity index (χ4n) is 4.02. The van der Waals surface area contributed by atoms with Crippen LogP contribution in [0.1, 0.15) is 117 Å². The lowest BCUT2D eigenvalue weighted by Crippen LogP contribution is -3.00. The third kappa shape index (κ3) is 18.0. The molecule has 0 bridgehead atoms. The summed E-state index contributed by atoms with van der Waals surface area (Å²) < 4.78 is 0.979. The van der Waals surface area contributed by atoms with Crippen molar-refractivity contribution in [2.75, 3.05) is 27.2 Å². The van der Waals surface area contributed by atoms with Crippen LogP contribution < -0.4 is 12.4 Å². The highest BCUT2D eigenvalue weighted by atomic mass is 35.5. The second kappa shape index (κ2) is 19.5. The molecule has 1 atom stereocenters. The third-order valence-electron chi connectivity index (χ3n) is 6.03. The van der Waals surface area contributed by atoms with E-state index in [0.717, 1.165) is 10.9 Å². The summed E-state index contributed by atoms with van der Waals surface area (Å²) in [6.45, 7) is 8.34. The van der Waals surface area contributed by atoms with E-state index in [1.807, 2.05) is 0 Å². The van der Waals surface area contributed by atoms with Crippen LogP contribution in [0.5, 0.6) is 0 Å². The number of hydrogen-bond acceptors (Lipinski definition) is 1. The first-order chi connectivity index (χ1) is 12.4. The molecule has 2 nitrogen and oxygen atoms in total. The number of likely N-dealkylation sites (N-methyl/N-ethyl adjacent to an activating group) is 1. The maximum absolute atomic E-state index is 9.71. The van der Waals surface area contributed by atoms with E-state index in [9.17, 15) is 5.11 Å². The van der Waals surface area contributed by atoms with Crippen LogP contribution in [0.3, 0.4) is 0 Å². The monoisotopic (exact) mass is 405 g/mol. The predicted octanol–water partition coefficient (Wildman–Crippen LogP) is 3.96. The lowest BCUT2D eigenvalue weighted by Gasteiger charge is -2.38. The van der Waals surface area contributed by atoms with Crippen molar-refractivity contribution in [3.63, 3.8) is 0 Å². The molecule has 0 aliphatic carbocycles. The molecule has 0 radical (unpaired) electrons. The summed E-state index contributed by atoms with van der Waals surface area (Å²) in [5.74, 6) is 0.667. The average molecular weight is 406 g/mol. The maximum Gasteiger partial charge on any atom is 0.112 e. The summed E-state index contributed by atoms with van der Waals surface area (Å²) in [6, 6.07) is 0.400. The van der Waals surface area contributed by atoms with Crippen molar-refractivity contribution in [2.24, 2.45) is 5.92 Å². The molecule has 0 aromatic carbocycles. The highest BCUT2D eigenvalue weighted by Crippen LogP contribution is 2.18. The Morgan fingerprint density at radius 2 is 1.04 bits per heavy atom. The zero-order valence-electron chi connectivity index (χ0n) is 19.4. The molecule has 0 amide bonds. The van der Waals surface area contributed by atoms with Gasteiger partial charge in [0.05, 0.1) is 27.2 Å². The first-order valence-corrected chi connectivity index (χ1v) is 11.9. The molecule has 0 aliphatic heterocycles. The van der Waals surface area contributed by atoms with E-state index in [0.29, 0.717) is 18.6 Å². The number of aliphatic hydroxyl groups is 1. The van der Waals surface area contributed by atoms with Crippen molar-refractivity contribution in [1.29, 1.82) is 0 Å². The van der Waals surface area contributed by atoms with Gasteiger partial charge in [-0.25, -0.2) is 0 Å². The molecule has 0 aromatic heterocycles. The topological polar surface area (TPSA) is 20.2 Å². The van der Waals surface area contributed by atoms with Gasteiger partial charge in [0, 0.05) is 6.42 Å². The Bertz CT molecular complexity index is 294. The lowest BCUT2D eigenvalue weighted by atomic mass is 10.0. The minimum Gasteiger partial charge on any atom is -1.00 e. The lowest BCUT2D eigenvalue weighted by molar-refractivity contribution is -0.916. The summed E-state index contributed by atoms with van der Waals surface area (Å²) in [5, 5.41) is 9.71. The minimum atomic E-state index is 0. The van der Waals surface area contributed by atoms with Gasteiger partial charge in [0.2, 0.25) is 0 Å². The van der Waals surface area contributed by atoms with Gasteiger partial charge in [0.25, 0.3) is 0 Å². The zero-order chi connectivity index (χ0) is 19.7. The molecule has 0 spiro atoms. The molecule has 0 rings (SSSR count). The highest BCUT2D eigenvalue weighted by Gasteiger charge is 2.27. The third-order valence-corrected chi connectivity index (χ3v) is 6.03. The van der Waals surface area contributed by atoms with E-state index in [-0.39, 0.29) is 12.4 Å². The van der Waals surface area contributed by atoms with Crippen LogP contribution in [0.2, 0.25) is 0 Å². The van der Waals surface area contributed by atoms with Crippen molar-refractivity contribution in [3.8, 4) is 0 Å². The van der Waals surface area contributed by atoms with Crippen LogP contribution in [-0.4, -0.2) is 42.9 Å². The second-order valence-corrected chi connectivity index (χ2v) is 9.56. The zero-order valence-corrected chi connectivity index (χ0v) is 20.2. The van der Waals surface area contributed by atoms with Crippen LogP contribution in [0.15, 0.2) is 0 Å². The van der Waals surface area contributed by atoms with Crippen molar-refractivity contribution < 1.29 is 22.0 Å². The smallest absolute Gasteiger partial charge is 0.112 e. The van der Waals surface area contributed by atoms with E-state index >= 15 is 0 Å². The van der Waals surface area contributed by atoms with Gasteiger partial charge in [0.1, 0.15) is 6.04 Å². The van der Waals surface area contributed by atoms with E-state index in [2.05, 4.69) is 34.9 Å². The van der Waals surface area contributed by atoms with Gasteiger partial charge in [-0.05, 0) is 18.8 Å². The summed E-state index contributed by atoms with van der Waals surface area (Å²) >= 11 is 0. The molecule has 0 fully saturated rings. The second-order valence-electron chi connectivity index (χ2n) is 9.56. The molecule has 0 aromatic rings. The van der Waals surface area contributed by atoms with Crippen molar-refractivity contribution in [3.05, 3.63) is 0 Å². The van der Waals surface area contributed by atoms with Gasteiger partial charge in [-0.2, -0.15) is 0 Å². The van der Waals surface area contributed by atoms with Crippen molar-refractivity contribution >= 4 is 0 Å². The molecule has 0 saturated heterocycles. The first-order valence-electron chi connectivity index (χ1n) is 11.9. The van der Waals surface area contributed by atoms with Crippen LogP contribution in [-0.2, 0) is 0 Å². The Morgan fingerprint density at radius 3 is 1.37 bits per heavy atom. The number of unbranched alkanes of at least 4 members (excludes halogenated alkanes) is 13. The van der Waals surface area contributed by atoms with Gasteiger partial charge in [-0.15, -0.1) is 0 Å². The molecular formula is C24H52ClNO. The predicted molar refractivity (Wildman–Crippen MR) is 118 cm³/mol. The standard InChI is InChI=1S/C24H52NO.ClH/c1-6-7-8-9-10-11-12-13-14-15-16-17-18-19-20-25(4,5)24(22-26)21-23(2)3;/h23-24,26H,6-22H2,1-5H3;1H/q+1;/p-1/t24-;/m0./s1. The normalized spacial score (nSPS) is 13.0. The Morgan fingerprint density at radius 1 is 0.667 bits per heavy atom. The van der Waals surface area contributed by atoms with E-state index in [1.54, 1.807) is 0 Å². The van der Waals surface area contributed by atoms with Gasteiger partial charge >= 0.3 is 0 Å². The molecule has 27 heavy (non-hydrogen) atoms. The van der Waals surface area contributed by atoms with Gasteiger partial charge in [-0.1, -0.05) is 97.8 Å². The van der Waals surface area contributed by atoms with Gasteiger partial charge in [-0.3, -0.25) is 0 Å². The minimum absolute atomic E-state index is 0. The Labute approximate surface area is 178 Å². The van der Waals surface area contributed by atoms with Crippen molar-refractivity contribution in [1.82, 2.24) is 0 Å². The molecule has 0 heterocycles. The average Bonchev–Trinajstić information content (AvgIpc) is 2.59. The Kier molecular flexibility index (Phi) is 21.3. The molecule has 0 aliphatic rings. The molecule has 1 N–H and O–H groups in total. The van der Waals surface area contributed by atoms with Crippen LogP contribution in [0.4, 0.5) is 0 Å². The van der Waals surface area contributed by atoms with Gasteiger partial charge < -0.3 is 22.0 Å². The van der Waals surface area contributed by atoms with E-state index in [1.165, 1.54) is 96.4 Å². The number of nitrogens with zero attached hydrogens (tertiary/aromatic N) is 1. The summed E-state index contributed by atoms with van der Waals surface area (Å²) in [5.41, 5.74) is 0. The van der Waals surface area contributed by atoms with Crippen LogP contribution >= 0.6 is 0 Å². The number of halogens is 1. The number of quaternary nitrogens is 1. The first kappa shape index (κ1) is 29.4. The van der Waals surface area contributed by atoms with Crippen LogP contribution in [0, 0.1) is 5.92 Å². The summed E-state index contributed by atoms with van der Waals surface area (Å²) in [4.78, 5) is 0. The van der Waals surface area contributed by atoms with E-state index < -0.39 is 0 Å². The molecular weight excluding hydrogens is 354 g/mol. The fraction of sp³-hybridized carbons (Fsp3) is 1.00. The summed E-state index contributed by atoms with van der Waals surface area (Å²) in [6.07, 6.45) is 21.0. The molecule has 0 saturated carbocycles. The van der Waals surface area contributed by atoms with Crippen LogP contribution in [0.25, 0.3) is 0 Å². The largest absolute Gasteiger partial charge is 1.00 e. The molecule has 0 unspecified atom stereocenters. The number of aliphatic hydroxyl groups excluding tert-OH is 1. The highest BCUT2D eigenvalue weighted by molar-refractivity contribution is 4.60. The van der Waals surface area contributed by atoms with E-state index in [4.69, 9.17) is 0 Å². The quantitative estimate of drug-likeness (QED) is 0.255.